The first-order chi connectivity index (χ1) is 21.5. The minimum absolute atomic E-state index is 0.195. The molecule has 45 heavy (non-hydrogen) atoms. The highest BCUT2D eigenvalue weighted by atomic mass is 32.1. The van der Waals surface area contributed by atoms with Gasteiger partial charge in [0.2, 0.25) is 0 Å². The summed E-state index contributed by atoms with van der Waals surface area (Å²) in [5, 5.41) is 8.17. The molecule has 0 unspecified atom stereocenters. The fourth-order valence-corrected chi connectivity index (χ4v) is 6.51. The summed E-state index contributed by atoms with van der Waals surface area (Å²) in [6, 6.07) is 17.6. The molecule has 0 radical (unpaired) electrons. The molecule has 3 aromatic heterocycles. The Morgan fingerprint density at radius 1 is 1.02 bits per heavy atom. The number of nitrogens with zero attached hydrogens (tertiary/aromatic N) is 5. The van der Waals surface area contributed by atoms with Gasteiger partial charge in [-0.3, -0.25) is 14.8 Å². The smallest absolute Gasteiger partial charge is 0.358 e. The summed E-state index contributed by atoms with van der Waals surface area (Å²) in [5.74, 6) is 0.402. The Kier molecular flexibility index (Phi) is 8.18. The number of anilines is 2. The molecule has 1 amide bonds. The van der Waals surface area contributed by atoms with Crippen LogP contribution in [0.1, 0.15) is 72.3 Å². The van der Waals surface area contributed by atoms with E-state index in [0.717, 1.165) is 45.6 Å². The summed E-state index contributed by atoms with van der Waals surface area (Å²) in [5.41, 5.74) is 5.62. The van der Waals surface area contributed by atoms with Gasteiger partial charge in [-0.15, -0.1) is 0 Å². The zero-order chi connectivity index (χ0) is 31.9. The highest BCUT2D eigenvalue weighted by Gasteiger charge is 2.28. The standard InChI is InChI=1S/C35H38N6O3S/c1-21(2)19-41-22(3)26(18-36-41)24-14-15-30(38-31(24)33(43)44-35(4,5)6)40-17-16-23-10-9-11-25(27(23)20-40)32(42)39-34-37-28-12-7-8-13-29(28)45-34/h7-15,18,21H,16-17,19-20H2,1-6H3,(H,37,39,42). The number of para-hydroxylation sites is 1. The maximum atomic E-state index is 13.6. The lowest BCUT2D eigenvalue weighted by Crippen LogP contribution is -2.33. The topological polar surface area (TPSA) is 102 Å². The number of ether oxygens (including phenoxy) is 1. The summed E-state index contributed by atoms with van der Waals surface area (Å²) < 4.78 is 8.81. The lowest BCUT2D eigenvalue weighted by atomic mass is 9.94. The monoisotopic (exact) mass is 622 g/mol. The van der Waals surface area contributed by atoms with E-state index in [1.165, 1.54) is 11.3 Å². The molecular formula is C35H38N6O3S. The number of benzene rings is 2. The molecule has 0 atom stereocenters. The van der Waals surface area contributed by atoms with Gasteiger partial charge in [0, 0.05) is 42.0 Å². The molecule has 9 nitrogen and oxygen atoms in total. The zero-order valence-electron chi connectivity index (χ0n) is 26.5. The van der Waals surface area contributed by atoms with E-state index in [0.29, 0.717) is 41.1 Å². The maximum absolute atomic E-state index is 13.6. The van der Waals surface area contributed by atoms with Crippen molar-refractivity contribution in [3.05, 3.63) is 88.9 Å². The van der Waals surface area contributed by atoms with Crippen molar-refractivity contribution in [1.29, 1.82) is 0 Å². The van der Waals surface area contributed by atoms with Crippen molar-refractivity contribution in [2.45, 2.75) is 66.7 Å². The fourth-order valence-electron chi connectivity index (χ4n) is 5.64. The van der Waals surface area contributed by atoms with E-state index in [4.69, 9.17) is 9.72 Å². The summed E-state index contributed by atoms with van der Waals surface area (Å²) in [7, 11) is 0. The van der Waals surface area contributed by atoms with E-state index in [1.807, 2.05) is 80.9 Å². The minimum Gasteiger partial charge on any atom is -0.455 e. The van der Waals surface area contributed by atoms with E-state index in [-0.39, 0.29) is 11.6 Å². The van der Waals surface area contributed by atoms with Crippen LogP contribution in [0.3, 0.4) is 0 Å². The first-order valence-corrected chi connectivity index (χ1v) is 16.1. The van der Waals surface area contributed by atoms with Crippen LogP contribution >= 0.6 is 11.3 Å². The maximum Gasteiger partial charge on any atom is 0.358 e. The second-order valence-electron chi connectivity index (χ2n) is 12.8. The number of hydrogen-bond donors (Lipinski definition) is 1. The van der Waals surface area contributed by atoms with Crippen LogP contribution < -0.4 is 10.2 Å². The lowest BCUT2D eigenvalue weighted by Gasteiger charge is -2.31. The van der Waals surface area contributed by atoms with Crippen molar-refractivity contribution >= 4 is 44.4 Å². The average molecular weight is 623 g/mol. The number of rotatable bonds is 7. The first kappa shape index (κ1) is 30.5. The minimum atomic E-state index is -0.682. The van der Waals surface area contributed by atoms with Crippen molar-refractivity contribution in [2.24, 2.45) is 5.92 Å². The van der Waals surface area contributed by atoms with Crippen LogP contribution in [0, 0.1) is 12.8 Å². The Morgan fingerprint density at radius 3 is 2.58 bits per heavy atom. The van der Waals surface area contributed by atoms with Gasteiger partial charge in [0.05, 0.1) is 16.4 Å². The van der Waals surface area contributed by atoms with Gasteiger partial charge < -0.3 is 9.64 Å². The van der Waals surface area contributed by atoms with Gasteiger partial charge in [-0.25, -0.2) is 14.8 Å². The number of carbonyl (C=O) groups excluding carboxylic acids is 2. The van der Waals surface area contributed by atoms with Gasteiger partial charge in [-0.1, -0.05) is 49.4 Å². The van der Waals surface area contributed by atoms with Gasteiger partial charge in [-0.2, -0.15) is 5.10 Å². The summed E-state index contributed by atoms with van der Waals surface area (Å²) in [6.45, 7) is 13.8. The van der Waals surface area contributed by atoms with Gasteiger partial charge in [0.25, 0.3) is 5.91 Å². The summed E-state index contributed by atoms with van der Waals surface area (Å²) >= 11 is 1.45. The normalized spacial score (nSPS) is 13.3. The van der Waals surface area contributed by atoms with Crippen molar-refractivity contribution in [3.8, 4) is 11.1 Å². The van der Waals surface area contributed by atoms with Crippen LogP contribution in [0.25, 0.3) is 21.3 Å². The second kappa shape index (κ2) is 12.1. The van der Waals surface area contributed by atoms with Crippen molar-refractivity contribution in [3.63, 3.8) is 0 Å². The summed E-state index contributed by atoms with van der Waals surface area (Å²) in [6.07, 6.45) is 2.54. The molecule has 1 N–H and O–H groups in total. The lowest BCUT2D eigenvalue weighted by molar-refractivity contribution is 0.00638. The van der Waals surface area contributed by atoms with E-state index < -0.39 is 11.6 Å². The second-order valence-corrected chi connectivity index (χ2v) is 13.9. The van der Waals surface area contributed by atoms with Gasteiger partial charge >= 0.3 is 5.97 Å². The number of pyridine rings is 1. The fraction of sp³-hybridized carbons (Fsp3) is 0.343. The highest BCUT2D eigenvalue weighted by molar-refractivity contribution is 7.22. The van der Waals surface area contributed by atoms with Crippen LogP contribution in [-0.2, 0) is 24.2 Å². The van der Waals surface area contributed by atoms with Crippen LogP contribution in [0.2, 0.25) is 0 Å². The molecule has 0 saturated heterocycles. The van der Waals surface area contributed by atoms with E-state index in [2.05, 4.69) is 40.2 Å². The largest absolute Gasteiger partial charge is 0.455 e. The quantitative estimate of drug-likeness (QED) is 0.190. The van der Waals surface area contributed by atoms with Crippen molar-refractivity contribution in [2.75, 3.05) is 16.8 Å². The molecule has 0 saturated carbocycles. The van der Waals surface area contributed by atoms with Crippen molar-refractivity contribution in [1.82, 2.24) is 19.7 Å². The number of aromatic nitrogens is 4. The molecule has 2 aromatic carbocycles. The molecule has 0 bridgehead atoms. The highest BCUT2D eigenvalue weighted by Crippen LogP contribution is 2.33. The Balaban J connectivity index is 1.32. The van der Waals surface area contributed by atoms with Gasteiger partial charge in [0.1, 0.15) is 11.4 Å². The molecule has 4 heterocycles. The van der Waals surface area contributed by atoms with E-state index in [1.54, 1.807) is 6.20 Å². The van der Waals surface area contributed by atoms with Crippen LogP contribution in [0.4, 0.5) is 10.9 Å². The van der Waals surface area contributed by atoms with Crippen LogP contribution in [-0.4, -0.2) is 43.8 Å². The molecule has 1 aliphatic heterocycles. The number of thiazole rings is 1. The number of esters is 1. The van der Waals surface area contributed by atoms with Crippen LogP contribution in [0.5, 0.6) is 0 Å². The predicted octanol–water partition coefficient (Wildman–Crippen LogP) is 7.29. The number of carbonyl (C=O) groups is 2. The Hall–Kier alpha value is -4.57. The molecule has 6 rings (SSSR count). The van der Waals surface area contributed by atoms with E-state index >= 15 is 0 Å². The number of nitrogens with one attached hydrogen (secondary N) is 1. The zero-order valence-corrected chi connectivity index (χ0v) is 27.4. The third kappa shape index (κ3) is 6.47. The number of fused-ring (bicyclic) bond motifs is 2. The molecule has 0 spiro atoms. The SMILES string of the molecule is Cc1c(-c2ccc(N3CCc4cccc(C(=O)Nc5nc6ccccc6s5)c4C3)nc2C(=O)OC(C)(C)C)cnn1CC(C)C. The summed E-state index contributed by atoms with van der Waals surface area (Å²) in [4.78, 5) is 38.7. The average Bonchev–Trinajstić information content (AvgIpc) is 3.57. The Bertz CT molecular complexity index is 1870. The molecule has 0 aliphatic carbocycles. The molecule has 1 aliphatic rings. The first-order valence-electron chi connectivity index (χ1n) is 15.3. The Morgan fingerprint density at radius 2 is 1.82 bits per heavy atom. The molecule has 232 valence electrons. The van der Waals surface area contributed by atoms with E-state index in [9.17, 15) is 9.59 Å². The molecule has 10 heteroatoms. The molecule has 5 aromatic rings. The Labute approximate surface area is 267 Å². The number of hydrogen-bond acceptors (Lipinski definition) is 8. The van der Waals surface area contributed by atoms with Crippen LogP contribution in [0.15, 0.2) is 60.8 Å². The third-order valence-electron chi connectivity index (χ3n) is 7.76. The van der Waals surface area contributed by atoms with Crippen molar-refractivity contribution < 1.29 is 14.3 Å². The molecular weight excluding hydrogens is 584 g/mol. The number of amides is 1. The van der Waals surface area contributed by atoms with Gasteiger partial charge in [0.15, 0.2) is 10.8 Å². The molecule has 0 fully saturated rings. The van der Waals surface area contributed by atoms with Gasteiger partial charge in [-0.05, 0) is 81.5 Å². The predicted molar refractivity (Wildman–Crippen MR) is 179 cm³/mol. The third-order valence-corrected chi connectivity index (χ3v) is 8.71.